The first-order valence-electron chi connectivity index (χ1n) is 7.16. The van der Waals surface area contributed by atoms with E-state index in [-0.39, 0.29) is 5.91 Å². The lowest BCUT2D eigenvalue weighted by Crippen LogP contribution is -2.08. The first-order valence-corrected chi connectivity index (χ1v) is 7.54. The molecule has 0 saturated heterocycles. The normalized spacial score (nSPS) is 10.6. The van der Waals surface area contributed by atoms with Gasteiger partial charge in [0.15, 0.2) is 0 Å². The Hall–Kier alpha value is -2.26. The Bertz CT molecular complexity index is 668. The smallest absolute Gasteiger partial charge is 0.248 e. The molecule has 0 aliphatic rings. The first-order chi connectivity index (χ1) is 10.7. The van der Waals surface area contributed by atoms with E-state index in [2.05, 4.69) is 12.2 Å². The van der Waals surface area contributed by atoms with Gasteiger partial charge in [0.25, 0.3) is 0 Å². The predicted octanol–water partition coefficient (Wildman–Crippen LogP) is 4.78. The van der Waals surface area contributed by atoms with Crippen molar-refractivity contribution in [2.24, 2.45) is 0 Å². The highest BCUT2D eigenvalue weighted by molar-refractivity contribution is 6.33. The zero-order valence-electron chi connectivity index (χ0n) is 12.4. The molecule has 0 saturated carbocycles. The highest BCUT2D eigenvalue weighted by atomic mass is 35.5. The number of nitrogens with one attached hydrogen (secondary N) is 1. The highest BCUT2D eigenvalue weighted by Gasteiger charge is 2.03. The Labute approximate surface area is 135 Å². The maximum absolute atomic E-state index is 12.0. The van der Waals surface area contributed by atoms with E-state index in [0.29, 0.717) is 17.3 Å². The van der Waals surface area contributed by atoms with Crippen molar-refractivity contribution < 1.29 is 9.53 Å². The Morgan fingerprint density at radius 3 is 2.68 bits per heavy atom. The van der Waals surface area contributed by atoms with Gasteiger partial charge < -0.3 is 10.1 Å². The molecule has 0 aliphatic heterocycles. The number of rotatable bonds is 6. The fourth-order valence-electron chi connectivity index (χ4n) is 1.86. The standard InChI is InChI=1S/C18H18ClNO2/c1-2-13-22-17-10-6-3-7-14(17)11-12-18(21)20-16-9-5-4-8-15(16)19/h3-12H,2,13H2,1H3,(H,20,21). The molecule has 2 aromatic rings. The molecule has 114 valence electrons. The predicted molar refractivity (Wildman–Crippen MR) is 91.3 cm³/mol. The number of benzene rings is 2. The van der Waals surface area contributed by atoms with Crippen molar-refractivity contribution in [2.75, 3.05) is 11.9 Å². The quantitative estimate of drug-likeness (QED) is 0.779. The number of ether oxygens (including phenoxy) is 1. The van der Waals surface area contributed by atoms with Crippen molar-refractivity contribution >= 4 is 29.3 Å². The zero-order valence-corrected chi connectivity index (χ0v) is 13.1. The molecule has 3 nitrogen and oxygen atoms in total. The Kier molecular flexibility index (Phi) is 6.04. The molecule has 0 spiro atoms. The molecule has 2 aromatic carbocycles. The topological polar surface area (TPSA) is 38.3 Å². The molecule has 0 radical (unpaired) electrons. The van der Waals surface area contributed by atoms with E-state index in [0.717, 1.165) is 17.7 Å². The second-order valence-corrected chi connectivity index (χ2v) is 5.10. The van der Waals surface area contributed by atoms with Crippen LogP contribution in [-0.4, -0.2) is 12.5 Å². The van der Waals surface area contributed by atoms with Gasteiger partial charge in [-0.25, -0.2) is 0 Å². The summed E-state index contributed by atoms with van der Waals surface area (Å²) in [6.07, 6.45) is 4.14. The number of hydrogen-bond acceptors (Lipinski definition) is 2. The van der Waals surface area contributed by atoms with Gasteiger partial charge in [0.05, 0.1) is 17.3 Å². The number of amides is 1. The van der Waals surface area contributed by atoms with Gasteiger partial charge in [0.2, 0.25) is 5.91 Å². The molecule has 0 aromatic heterocycles. The van der Waals surface area contributed by atoms with Gasteiger partial charge >= 0.3 is 0 Å². The molecule has 22 heavy (non-hydrogen) atoms. The van der Waals surface area contributed by atoms with Crippen molar-refractivity contribution in [3.63, 3.8) is 0 Å². The summed E-state index contributed by atoms with van der Waals surface area (Å²) in [7, 11) is 0. The van der Waals surface area contributed by atoms with Crippen LogP contribution in [0.4, 0.5) is 5.69 Å². The molecule has 0 aliphatic carbocycles. The number of hydrogen-bond donors (Lipinski definition) is 1. The fraction of sp³-hybridized carbons (Fsp3) is 0.167. The van der Waals surface area contributed by atoms with Gasteiger partial charge in [0, 0.05) is 11.6 Å². The van der Waals surface area contributed by atoms with Gasteiger partial charge in [-0.15, -0.1) is 0 Å². The summed E-state index contributed by atoms with van der Waals surface area (Å²) in [6.45, 7) is 2.70. The summed E-state index contributed by atoms with van der Waals surface area (Å²) in [4.78, 5) is 12.0. The average molecular weight is 316 g/mol. The molecule has 0 bridgehead atoms. The minimum atomic E-state index is -0.238. The van der Waals surface area contributed by atoms with E-state index in [4.69, 9.17) is 16.3 Å². The van der Waals surface area contributed by atoms with Crippen LogP contribution in [0.5, 0.6) is 5.75 Å². The fourth-order valence-corrected chi connectivity index (χ4v) is 2.05. The lowest BCUT2D eigenvalue weighted by molar-refractivity contribution is -0.111. The number of anilines is 1. The largest absolute Gasteiger partial charge is 0.493 e. The Morgan fingerprint density at radius 2 is 1.91 bits per heavy atom. The molecular formula is C18H18ClNO2. The molecule has 0 fully saturated rings. The summed E-state index contributed by atoms with van der Waals surface area (Å²) in [5.41, 5.74) is 1.46. The molecule has 0 atom stereocenters. The van der Waals surface area contributed by atoms with Gasteiger partial charge in [-0.1, -0.05) is 48.9 Å². The van der Waals surface area contributed by atoms with Gasteiger partial charge in [0.1, 0.15) is 5.75 Å². The second kappa shape index (κ2) is 8.25. The third-order valence-corrected chi connectivity index (χ3v) is 3.26. The van der Waals surface area contributed by atoms with Crippen LogP contribution in [0.3, 0.4) is 0 Å². The monoisotopic (exact) mass is 315 g/mol. The summed E-state index contributed by atoms with van der Waals surface area (Å²) in [6, 6.07) is 14.7. The summed E-state index contributed by atoms with van der Waals surface area (Å²) < 4.78 is 5.65. The van der Waals surface area contributed by atoms with E-state index in [1.807, 2.05) is 36.4 Å². The average Bonchev–Trinajstić information content (AvgIpc) is 2.54. The van der Waals surface area contributed by atoms with E-state index in [9.17, 15) is 4.79 Å². The number of halogens is 1. The van der Waals surface area contributed by atoms with Crippen molar-refractivity contribution in [3.8, 4) is 5.75 Å². The van der Waals surface area contributed by atoms with Crippen LogP contribution in [0.15, 0.2) is 54.6 Å². The molecule has 0 unspecified atom stereocenters. The Morgan fingerprint density at radius 1 is 1.18 bits per heavy atom. The summed E-state index contributed by atoms with van der Waals surface area (Å²) in [5, 5.41) is 3.25. The summed E-state index contributed by atoms with van der Waals surface area (Å²) >= 11 is 6.01. The van der Waals surface area contributed by atoms with Crippen LogP contribution in [0.25, 0.3) is 6.08 Å². The van der Waals surface area contributed by atoms with E-state index in [1.54, 1.807) is 18.2 Å². The van der Waals surface area contributed by atoms with E-state index in [1.165, 1.54) is 6.08 Å². The minimum Gasteiger partial charge on any atom is -0.493 e. The zero-order chi connectivity index (χ0) is 15.8. The SMILES string of the molecule is CCCOc1ccccc1C=CC(=O)Nc1ccccc1Cl. The number of carbonyl (C=O) groups excluding carboxylic acids is 1. The van der Waals surface area contributed by atoms with Crippen LogP contribution < -0.4 is 10.1 Å². The maximum Gasteiger partial charge on any atom is 0.248 e. The van der Waals surface area contributed by atoms with Gasteiger partial charge in [-0.05, 0) is 30.7 Å². The van der Waals surface area contributed by atoms with Crippen molar-refractivity contribution in [1.29, 1.82) is 0 Å². The summed E-state index contributed by atoms with van der Waals surface area (Å²) in [5.74, 6) is 0.532. The molecule has 1 amide bonds. The van der Waals surface area contributed by atoms with Crippen LogP contribution in [0.1, 0.15) is 18.9 Å². The van der Waals surface area contributed by atoms with E-state index >= 15 is 0 Å². The van der Waals surface area contributed by atoms with E-state index < -0.39 is 0 Å². The molecular weight excluding hydrogens is 298 g/mol. The molecule has 4 heteroatoms. The molecule has 1 N–H and O–H groups in total. The van der Waals surface area contributed by atoms with Crippen LogP contribution in [-0.2, 0) is 4.79 Å². The second-order valence-electron chi connectivity index (χ2n) is 4.69. The third kappa shape index (κ3) is 4.64. The lowest BCUT2D eigenvalue weighted by atomic mass is 10.2. The number of para-hydroxylation sites is 2. The van der Waals surface area contributed by atoms with Crippen LogP contribution >= 0.6 is 11.6 Å². The van der Waals surface area contributed by atoms with Crippen molar-refractivity contribution in [1.82, 2.24) is 0 Å². The lowest BCUT2D eigenvalue weighted by Gasteiger charge is -2.08. The van der Waals surface area contributed by atoms with Crippen LogP contribution in [0.2, 0.25) is 5.02 Å². The van der Waals surface area contributed by atoms with Gasteiger partial charge in [-0.2, -0.15) is 0 Å². The van der Waals surface area contributed by atoms with Crippen LogP contribution in [0, 0.1) is 0 Å². The Balaban J connectivity index is 2.05. The third-order valence-electron chi connectivity index (χ3n) is 2.93. The molecule has 0 heterocycles. The molecule has 2 rings (SSSR count). The highest BCUT2D eigenvalue weighted by Crippen LogP contribution is 2.21. The maximum atomic E-state index is 12.0. The first kappa shape index (κ1) is 16.1. The van der Waals surface area contributed by atoms with Crippen molar-refractivity contribution in [2.45, 2.75) is 13.3 Å². The van der Waals surface area contributed by atoms with Gasteiger partial charge in [-0.3, -0.25) is 4.79 Å². The number of carbonyl (C=O) groups is 1. The van der Waals surface area contributed by atoms with Crippen molar-refractivity contribution in [3.05, 3.63) is 65.2 Å². The minimum absolute atomic E-state index is 0.238.